The lowest BCUT2D eigenvalue weighted by molar-refractivity contribution is 0.0784. The molecule has 0 spiro atoms. The summed E-state index contributed by atoms with van der Waals surface area (Å²) in [5.74, 6) is 0.745. The fourth-order valence-electron chi connectivity index (χ4n) is 2.87. The first-order valence-corrected chi connectivity index (χ1v) is 7.47. The number of carbonyl (C=O) groups is 1. The Bertz CT molecular complexity index is 797. The van der Waals surface area contributed by atoms with Gasteiger partial charge in [-0.3, -0.25) is 9.89 Å². The molecule has 0 aliphatic carbocycles. The number of benzene rings is 1. The van der Waals surface area contributed by atoms with Crippen LogP contribution in [0.3, 0.4) is 0 Å². The Labute approximate surface area is 132 Å². The highest BCUT2D eigenvalue weighted by atomic mass is 16.5. The first kappa shape index (κ1) is 13.7. The lowest BCUT2D eigenvalue weighted by atomic mass is 10.1. The number of hydrogen-bond acceptors (Lipinski definition) is 5. The van der Waals surface area contributed by atoms with Crippen molar-refractivity contribution in [3.05, 3.63) is 54.3 Å². The van der Waals surface area contributed by atoms with Gasteiger partial charge < -0.3 is 9.42 Å². The van der Waals surface area contributed by atoms with Gasteiger partial charge in [0.25, 0.3) is 5.91 Å². The topological polar surface area (TPSA) is 87.9 Å². The van der Waals surface area contributed by atoms with Crippen LogP contribution in [0.4, 0.5) is 0 Å². The van der Waals surface area contributed by atoms with Crippen molar-refractivity contribution in [2.24, 2.45) is 0 Å². The van der Waals surface area contributed by atoms with Gasteiger partial charge in [-0.25, -0.2) is 0 Å². The van der Waals surface area contributed by atoms with E-state index in [9.17, 15) is 4.79 Å². The average molecular weight is 309 g/mol. The van der Waals surface area contributed by atoms with Crippen LogP contribution in [0.15, 0.2) is 47.3 Å². The van der Waals surface area contributed by atoms with Gasteiger partial charge in [0.2, 0.25) is 6.39 Å². The molecule has 0 bridgehead atoms. The normalized spacial score (nSPS) is 17.6. The van der Waals surface area contributed by atoms with Gasteiger partial charge in [0.15, 0.2) is 5.82 Å². The molecule has 0 radical (unpaired) electrons. The molecule has 7 heteroatoms. The Morgan fingerprint density at radius 2 is 2.17 bits per heavy atom. The van der Waals surface area contributed by atoms with Crippen molar-refractivity contribution in [3.8, 4) is 11.3 Å². The Balaban J connectivity index is 1.49. The van der Waals surface area contributed by atoms with Gasteiger partial charge in [-0.15, -0.1) is 0 Å². The number of amides is 1. The number of rotatable bonds is 3. The summed E-state index contributed by atoms with van der Waals surface area (Å²) in [7, 11) is 0. The summed E-state index contributed by atoms with van der Waals surface area (Å²) < 4.78 is 4.78. The van der Waals surface area contributed by atoms with Gasteiger partial charge in [0, 0.05) is 24.6 Å². The second-order valence-electron chi connectivity index (χ2n) is 5.56. The zero-order chi connectivity index (χ0) is 15.6. The monoisotopic (exact) mass is 309 g/mol. The maximum atomic E-state index is 12.6. The molecule has 0 unspecified atom stereocenters. The van der Waals surface area contributed by atoms with Crippen molar-refractivity contribution in [1.82, 2.24) is 25.2 Å². The first-order chi connectivity index (χ1) is 11.3. The Morgan fingerprint density at radius 3 is 2.96 bits per heavy atom. The maximum absolute atomic E-state index is 12.6. The summed E-state index contributed by atoms with van der Waals surface area (Å²) in [6.45, 7) is 1.27. The van der Waals surface area contributed by atoms with Crippen molar-refractivity contribution >= 4 is 5.91 Å². The molecule has 116 valence electrons. The third-order valence-corrected chi connectivity index (χ3v) is 4.10. The molecule has 1 N–H and O–H groups in total. The van der Waals surface area contributed by atoms with E-state index in [-0.39, 0.29) is 11.8 Å². The highest BCUT2D eigenvalue weighted by molar-refractivity contribution is 5.93. The van der Waals surface area contributed by atoms with E-state index in [0.717, 1.165) is 17.7 Å². The molecular formula is C16H15N5O2. The van der Waals surface area contributed by atoms with E-state index >= 15 is 0 Å². The van der Waals surface area contributed by atoms with Crippen molar-refractivity contribution in [2.45, 2.75) is 12.3 Å². The molecule has 3 aromatic rings. The SMILES string of the molecule is O=C(c1cc(-c2ccccc2)n[nH]1)N1CC[C@H](c2ncon2)C1. The zero-order valence-electron chi connectivity index (χ0n) is 12.3. The summed E-state index contributed by atoms with van der Waals surface area (Å²) in [5, 5.41) is 10.9. The van der Waals surface area contributed by atoms with Crippen molar-refractivity contribution in [1.29, 1.82) is 0 Å². The highest BCUT2D eigenvalue weighted by Crippen LogP contribution is 2.26. The minimum absolute atomic E-state index is 0.0503. The molecule has 1 aliphatic rings. The molecule has 1 aliphatic heterocycles. The van der Waals surface area contributed by atoms with E-state index in [1.165, 1.54) is 6.39 Å². The van der Waals surface area contributed by atoms with Crippen LogP contribution in [0.2, 0.25) is 0 Å². The number of aromatic amines is 1. The zero-order valence-corrected chi connectivity index (χ0v) is 12.3. The number of likely N-dealkylation sites (tertiary alicyclic amines) is 1. The summed E-state index contributed by atoms with van der Waals surface area (Å²) in [6.07, 6.45) is 2.16. The van der Waals surface area contributed by atoms with Gasteiger partial charge in [0.1, 0.15) is 5.69 Å². The quantitative estimate of drug-likeness (QED) is 0.800. The summed E-state index contributed by atoms with van der Waals surface area (Å²) >= 11 is 0. The second-order valence-corrected chi connectivity index (χ2v) is 5.56. The number of nitrogens with zero attached hydrogens (tertiary/aromatic N) is 4. The first-order valence-electron chi connectivity index (χ1n) is 7.47. The largest absolute Gasteiger partial charge is 0.343 e. The molecule has 3 heterocycles. The minimum atomic E-state index is -0.0503. The second kappa shape index (κ2) is 5.68. The van der Waals surface area contributed by atoms with Crippen LogP contribution in [-0.2, 0) is 0 Å². The van der Waals surface area contributed by atoms with Crippen LogP contribution in [0.5, 0.6) is 0 Å². The maximum Gasteiger partial charge on any atom is 0.271 e. The van der Waals surface area contributed by atoms with Crippen molar-refractivity contribution < 1.29 is 9.32 Å². The van der Waals surface area contributed by atoms with Gasteiger partial charge in [-0.05, 0) is 12.5 Å². The molecule has 4 rings (SSSR count). The average Bonchev–Trinajstić information content (AvgIpc) is 3.35. The molecule has 1 aromatic carbocycles. The van der Waals surface area contributed by atoms with Gasteiger partial charge in [-0.1, -0.05) is 35.5 Å². The Morgan fingerprint density at radius 1 is 1.30 bits per heavy atom. The van der Waals surface area contributed by atoms with Crippen LogP contribution in [0.25, 0.3) is 11.3 Å². The molecule has 1 atom stereocenters. The summed E-state index contributed by atoms with van der Waals surface area (Å²) in [5.41, 5.74) is 2.24. The number of H-pyrrole nitrogens is 1. The molecule has 1 fully saturated rings. The van der Waals surface area contributed by atoms with E-state index in [4.69, 9.17) is 4.52 Å². The van der Waals surface area contributed by atoms with Crippen molar-refractivity contribution in [2.75, 3.05) is 13.1 Å². The molecule has 1 amide bonds. The number of aromatic nitrogens is 4. The van der Waals surface area contributed by atoms with E-state index < -0.39 is 0 Å². The summed E-state index contributed by atoms with van der Waals surface area (Å²) in [4.78, 5) is 18.5. The van der Waals surface area contributed by atoms with Gasteiger partial charge >= 0.3 is 0 Å². The smallest absolute Gasteiger partial charge is 0.271 e. The Hall–Kier alpha value is -2.96. The van der Waals surface area contributed by atoms with E-state index in [0.29, 0.717) is 24.6 Å². The number of carbonyl (C=O) groups excluding carboxylic acids is 1. The van der Waals surface area contributed by atoms with E-state index in [2.05, 4.69) is 20.3 Å². The Kier molecular flexibility index (Phi) is 3.38. The lowest BCUT2D eigenvalue weighted by Gasteiger charge is -2.14. The summed E-state index contributed by atoms with van der Waals surface area (Å²) in [6, 6.07) is 11.6. The standard InChI is InChI=1S/C16H15N5O2/c22-16(21-7-6-12(9-21)15-17-10-23-20-15)14-8-13(18-19-14)11-4-2-1-3-5-11/h1-5,8,10,12H,6-7,9H2,(H,18,19)/t12-/m0/s1. The van der Waals surface area contributed by atoms with Crippen LogP contribution in [0.1, 0.15) is 28.7 Å². The van der Waals surface area contributed by atoms with Crippen LogP contribution in [0, 0.1) is 0 Å². The van der Waals surface area contributed by atoms with Gasteiger partial charge in [-0.2, -0.15) is 10.1 Å². The minimum Gasteiger partial charge on any atom is -0.343 e. The van der Waals surface area contributed by atoms with Crippen LogP contribution < -0.4 is 0 Å². The predicted octanol–water partition coefficient (Wildman–Crippen LogP) is 2.09. The number of hydrogen-bond donors (Lipinski definition) is 1. The third kappa shape index (κ3) is 2.61. The van der Waals surface area contributed by atoms with E-state index in [1.54, 1.807) is 11.0 Å². The lowest BCUT2D eigenvalue weighted by Crippen LogP contribution is -2.28. The van der Waals surface area contributed by atoms with Gasteiger partial charge in [0.05, 0.1) is 5.69 Å². The van der Waals surface area contributed by atoms with Crippen LogP contribution >= 0.6 is 0 Å². The van der Waals surface area contributed by atoms with Crippen molar-refractivity contribution in [3.63, 3.8) is 0 Å². The fourth-order valence-corrected chi connectivity index (χ4v) is 2.87. The molecule has 1 saturated heterocycles. The molecular weight excluding hydrogens is 294 g/mol. The van der Waals surface area contributed by atoms with Crippen LogP contribution in [-0.4, -0.2) is 44.2 Å². The fraction of sp³-hybridized carbons (Fsp3) is 0.250. The molecule has 23 heavy (non-hydrogen) atoms. The molecule has 0 saturated carbocycles. The third-order valence-electron chi connectivity index (χ3n) is 4.10. The van der Waals surface area contributed by atoms with E-state index in [1.807, 2.05) is 30.3 Å². The highest BCUT2D eigenvalue weighted by Gasteiger charge is 2.31. The number of nitrogens with one attached hydrogen (secondary N) is 1. The molecule has 7 nitrogen and oxygen atoms in total. The predicted molar refractivity (Wildman–Crippen MR) is 81.6 cm³/mol. The molecule has 2 aromatic heterocycles.